The zero-order valence-corrected chi connectivity index (χ0v) is 11.9. The number of hydrogen-bond acceptors (Lipinski definition) is 5. The van der Waals surface area contributed by atoms with Gasteiger partial charge < -0.3 is 9.47 Å². The van der Waals surface area contributed by atoms with Crippen molar-refractivity contribution in [2.75, 3.05) is 13.2 Å². The highest BCUT2D eigenvalue weighted by atomic mass is 16.5. The molecule has 1 fully saturated rings. The number of esters is 2. The van der Waals surface area contributed by atoms with Gasteiger partial charge in [-0.1, -0.05) is 12.2 Å². The molecule has 1 N–H and O–H groups in total. The summed E-state index contributed by atoms with van der Waals surface area (Å²) in [5, 5.41) is 3.35. The Morgan fingerprint density at radius 1 is 1.00 bits per heavy atom. The summed E-state index contributed by atoms with van der Waals surface area (Å²) < 4.78 is 10.3. The molecule has 2 heterocycles. The molecule has 4 atom stereocenters. The van der Waals surface area contributed by atoms with E-state index in [2.05, 4.69) is 5.32 Å². The molecule has 106 valence electrons. The number of carbonyl (C=O) groups excluding carboxylic acids is 2. The number of fused-ring (bicyclic) bond motifs is 2. The van der Waals surface area contributed by atoms with E-state index < -0.39 is 22.9 Å². The summed E-state index contributed by atoms with van der Waals surface area (Å²) in [5.74, 6) is -1.77. The third-order valence-electron chi connectivity index (χ3n) is 4.02. The maximum atomic E-state index is 12.2. The van der Waals surface area contributed by atoms with Crippen LogP contribution in [0.25, 0.3) is 0 Å². The summed E-state index contributed by atoms with van der Waals surface area (Å²) in [6, 6.07) is 0. The Balaban J connectivity index is 2.35. The molecule has 5 nitrogen and oxygen atoms in total. The van der Waals surface area contributed by atoms with Gasteiger partial charge >= 0.3 is 11.9 Å². The van der Waals surface area contributed by atoms with E-state index in [1.165, 1.54) is 0 Å². The molecule has 0 radical (unpaired) electrons. The first kappa shape index (κ1) is 14.1. The third kappa shape index (κ3) is 2.06. The zero-order valence-electron chi connectivity index (χ0n) is 11.9. The average Bonchev–Trinajstić information content (AvgIpc) is 2.75. The van der Waals surface area contributed by atoms with Gasteiger partial charge in [-0.05, 0) is 27.7 Å². The van der Waals surface area contributed by atoms with Crippen molar-refractivity contribution >= 4 is 11.9 Å². The minimum atomic E-state index is -0.543. The van der Waals surface area contributed by atoms with Crippen LogP contribution in [0.1, 0.15) is 27.7 Å². The Morgan fingerprint density at radius 2 is 1.37 bits per heavy atom. The van der Waals surface area contributed by atoms with Crippen molar-refractivity contribution < 1.29 is 19.1 Å². The molecule has 0 unspecified atom stereocenters. The maximum Gasteiger partial charge on any atom is 0.312 e. The molecule has 0 aromatic carbocycles. The largest absolute Gasteiger partial charge is 0.466 e. The van der Waals surface area contributed by atoms with Gasteiger partial charge in [-0.15, -0.1) is 0 Å². The fourth-order valence-corrected chi connectivity index (χ4v) is 3.29. The van der Waals surface area contributed by atoms with Crippen LogP contribution in [0.2, 0.25) is 0 Å². The highest BCUT2D eigenvalue weighted by molar-refractivity contribution is 5.87. The van der Waals surface area contributed by atoms with E-state index in [1.807, 2.05) is 26.0 Å². The Kier molecular flexibility index (Phi) is 3.43. The molecular formula is C14H21NO4. The van der Waals surface area contributed by atoms with E-state index in [4.69, 9.17) is 9.47 Å². The monoisotopic (exact) mass is 267 g/mol. The van der Waals surface area contributed by atoms with E-state index in [0.717, 1.165) is 0 Å². The molecule has 0 aliphatic carbocycles. The topological polar surface area (TPSA) is 64.6 Å². The van der Waals surface area contributed by atoms with Crippen molar-refractivity contribution in [3.63, 3.8) is 0 Å². The molecule has 0 aromatic rings. The van der Waals surface area contributed by atoms with Crippen LogP contribution >= 0.6 is 0 Å². The first-order chi connectivity index (χ1) is 8.88. The molecule has 2 aliphatic heterocycles. The average molecular weight is 267 g/mol. The molecular weight excluding hydrogens is 246 g/mol. The first-order valence-electron chi connectivity index (χ1n) is 6.71. The Morgan fingerprint density at radius 3 is 1.68 bits per heavy atom. The molecule has 2 aliphatic rings. The first-order valence-corrected chi connectivity index (χ1v) is 6.71. The van der Waals surface area contributed by atoms with E-state index in [1.54, 1.807) is 13.8 Å². The predicted molar refractivity (Wildman–Crippen MR) is 69.3 cm³/mol. The van der Waals surface area contributed by atoms with Crippen molar-refractivity contribution in [2.45, 2.75) is 38.8 Å². The Hall–Kier alpha value is -1.36. The van der Waals surface area contributed by atoms with Gasteiger partial charge in [-0.25, -0.2) is 0 Å². The molecule has 0 spiro atoms. The van der Waals surface area contributed by atoms with E-state index in [-0.39, 0.29) is 11.9 Å². The highest BCUT2D eigenvalue weighted by Crippen LogP contribution is 2.48. The smallest absolute Gasteiger partial charge is 0.312 e. The minimum absolute atomic E-state index is 0.307. The van der Waals surface area contributed by atoms with Crippen LogP contribution in [0.5, 0.6) is 0 Å². The van der Waals surface area contributed by atoms with Crippen LogP contribution in [0.4, 0.5) is 0 Å². The van der Waals surface area contributed by atoms with Crippen LogP contribution < -0.4 is 5.32 Å². The van der Waals surface area contributed by atoms with E-state index in [0.29, 0.717) is 13.2 Å². The molecule has 1 saturated heterocycles. The van der Waals surface area contributed by atoms with Crippen molar-refractivity contribution in [1.82, 2.24) is 5.32 Å². The van der Waals surface area contributed by atoms with Crippen molar-refractivity contribution in [2.24, 2.45) is 11.8 Å². The second kappa shape index (κ2) is 4.63. The lowest BCUT2D eigenvalue weighted by Crippen LogP contribution is -2.45. The molecule has 19 heavy (non-hydrogen) atoms. The number of carbonyl (C=O) groups is 2. The summed E-state index contributed by atoms with van der Waals surface area (Å²) in [6.07, 6.45) is 3.90. The molecule has 2 rings (SSSR count). The third-order valence-corrected chi connectivity index (χ3v) is 4.02. The number of nitrogens with one attached hydrogen (secondary N) is 1. The minimum Gasteiger partial charge on any atom is -0.466 e. The molecule has 0 saturated carbocycles. The van der Waals surface area contributed by atoms with Gasteiger partial charge in [0.05, 0.1) is 25.0 Å². The second-order valence-corrected chi connectivity index (χ2v) is 5.48. The molecule has 0 aromatic heterocycles. The summed E-state index contributed by atoms with van der Waals surface area (Å²) in [6.45, 7) is 7.96. The van der Waals surface area contributed by atoms with Gasteiger partial charge in [0.15, 0.2) is 0 Å². The highest BCUT2D eigenvalue weighted by Gasteiger charge is 2.64. The molecule has 2 bridgehead atoms. The summed E-state index contributed by atoms with van der Waals surface area (Å²) in [4.78, 5) is 24.4. The lowest BCUT2D eigenvalue weighted by molar-refractivity contribution is -0.161. The maximum absolute atomic E-state index is 12.2. The van der Waals surface area contributed by atoms with Gasteiger partial charge in [0.25, 0.3) is 0 Å². The van der Waals surface area contributed by atoms with E-state index >= 15 is 0 Å². The van der Waals surface area contributed by atoms with Gasteiger partial charge in [0.1, 0.15) is 0 Å². The number of hydrogen-bond donors (Lipinski definition) is 1. The predicted octanol–water partition coefficient (Wildman–Crippen LogP) is 1.04. The van der Waals surface area contributed by atoms with Gasteiger partial charge in [-0.2, -0.15) is 0 Å². The van der Waals surface area contributed by atoms with Crippen LogP contribution in [-0.2, 0) is 19.1 Å². The Bertz CT molecular complexity index is 395. The standard InChI is InChI=1S/C14H21NO4/c1-5-18-11(16)9-10(12(17)19-6-2)14(4)8-7-13(9,3)15-14/h7-10,15H,5-6H2,1-4H3/t9-,10-,13-,14+/m1/s1. The van der Waals surface area contributed by atoms with Crippen LogP contribution in [-0.4, -0.2) is 36.2 Å². The van der Waals surface area contributed by atoms with E-state index in [9.17, 15) is 9.59 Å². The Labute approximate surface area is 113 Å². The fraction of sp³-hybridized carbons (Fsp3) is 0.714. The SMILES string of the molecule is CCOC(=O)[C@H]1[C@H](C(=O)OCC)[C@]2(C)C=C[C@@]1(C)N2. The number of ether oxygens (including phenoxy) is 2. The van der Waals surface area contributed by atoms with Crippen LogP contribution in [0.15, 0.2) is 12.2 Å². The fourth-order valence-electron chi connectivity index (χ4n) is 3.29. The van der Waals surface area contributed by atoms with Crippen molar-refractivity contribution in [3.05, 3.63) is 12.2 Å². The van der Waals surface area contributed by atoms with Crippen molar-refractivity contribution in [3.8, 4) is 0 Å². The van der Waals surface area contributed by atoms with Crippen molar-refractivity contribution in [1.29, 1.82) is 0 Å². The van der Waals surface area contributed by atoms with Crippen LogP contribution in [0, 0.1) is 11.8 Å². The lowest BCUT2D eigenvalue weighted by atomic mass is 9.71. The summed E-state index contributed by atoms with van der Waals surface area (Å²) in [5.41, 5.74) is -1.09. The summed E-state index contributed by atoms with van der Waals surface area (Å²) in [7, 11) is 0. The van der Waals surface area contributed by atoms with Gasteiger partial charge in [0, 0.05) is 11.1 Å². The lowest BCUT2D eigenvalue weighted by Gasteiger charge is -2.31. The number of rotatable bonds is 4. The van der Waals surface area contributed by atoms with Crippen LogP contribution in [0.3, 0.4) is 0 Å². The van der Waals surface area contributed by atoms with Gasteiger partial charge in [-0.3, -0.25) is 14.9 Å². The molecule has 5 heteroatoms. The van der Waals surface area contributed by atoms with Gasteiger partial charge in [0.2, 0.25) is 0 Å². The normalized spacial score (nSPS) is 39.4. The summed E-state index contributed by atoms with van der Waals surface area (Å²) >= 11 is 0. The second-order valence-electron chi connectivity index (χ2n) is 5.48. The quantitative estimate of drug-likeness (QED) is 0.609. The zero-order chi connectivity index (χ0) is 14.3. The molecule has 0 amide bonds.